The molecular weight excluding hydrogens is 224 g/mol. The van der Waals surface area contributed by atoms with Gasteiger partial charge in [-0.3, -0.25) is 4.79 Å². The number of methoxy groups -OCH3 is 1. The van der Waals surface area contributed by atoms with Crippen molar-refractivity contribution in [2.24, 2.45) is 0 Å². The van der Waals surface area contributed by atoms with E-state index in [1.165, 1.54) is 6.39 Å². The number of ether oxygens (including phenoxy) is 1. The SMILES string of the molecule is COCCCNC(=O)CNCCc1ncon1. The van der Waals surface area contributed by atoms with Crippen molar-refractivity contribution in [2.45, 2.75) is 12.8 Å². The lowest BCUT2D eigenvalue weighted by atomic mass is 10.4. The van der Waals surface area contributed by atoms with E-state index in [-0.39, 0.29) is 5.91 Å². The summed E-state index contributed by atoms with van der Waals surface area (Å²) >= 11 is 0. The van der Waals surface area contributed by atoms with Crippen LogP contribution in [0, 0.1) is 0 Å². The van der Waals surface area contributed by atoms with Crippen LogP contribution < -0.4 is 10.6 Å². The summed E-state index contributed by atoms with van der Waals surface area (Å²) in [6, 6.07) is 0. The molecule has 1 aromatic heterocycles. The highest BCUT2D eigenvalue weighted by Crippen LogP contribution is 1.87. The Kier molecular flexibility index (Phi) is 6.92. The first kappa shape index (κ1) is 13.6. The number of hydrogen-bond donors (Lipinski definition) is 2. The van der Waals surface area contributed by atoms with Crippen molar-refractivity contribution in [3.05, 3.63) is 12.2 Å². The van der Waals surface area contributed by atoms with Gasteiger partial charge in [0, 0.05) is 33.2 Å². The first-order chi connectivity index (χ1) is 8.33. The van der Waals surface area contributed by atoms with Crippen LogP contribution in [0.1, 0.15) is 12.2 Å². The first-order valence-electron chi connectivity index (χ1n) is 5.54. The summed E-state index contributed by atoms with van der Waals surface area (Å²) < 4.78 is 9.46. The Hall–Kier alpha value is -1.47. The largest absolute Gasteiger partial charge is 0.385 e. The number of carbonyl (C=O) groups is 1. The van der Waals surface area contributed by atoms with E-state index in [0.29, 0.717) is 38.5 Å². The zero-order chi connectivity index (χ0) is 12.3. The van der Waals surface area contributed by atoms with Crippen LogP contribution in [-0.2, 0) is 16.0 Å². The van der Waals surface area contributed by atoms with E-state index in [1.807, 2.05) is 0 Å². The Morgan fingerprint density at radius 3 is 3.12 bits per heavy atom. The quantitative estimate of drug-likeness (QED) is 0.560. The van der Waals surface area contributed by atoms with E-state index < -0.39 is 0 Å². The predicted molar refractivity (Wildman–Crippen MR) is 60.4 cm³/mol. The molecule has 7 nitrogen and oxygen atoms in total. The molecule has 2 N–H and O–H groups in total. The second-order valence-corrected chi connectivity index (χ2v) is 3.47. The van der Waals surface area contributed by atoms with Gasteiger partial charge in [0.2, 0.25) is 12.3 Å². The van der Waals surface area contributed by atoms with Crippen LogP contribution in [0.25, 0.3) is 0 Å². The van der Waals surface area contributed by atoms with Gasteiger partial charge in [0.15, 0.2) is 5.82 Å². The van der Waals surface area contributed by atoms with Gasteiger partial charge < -0.3 is 19.9 Å². The minimum absolute atomic E-state index is 0.0192. The molecule has 0 spiro atoms. The monoisotopic (exact) mass is 242 g/mol. The molecule has 0 aromatic carbocycles. The topological polar surface area (TPSA) is 89.3 Å². The van der Waals surface area contributed by atoms with Gasteiger partial charge in [0.05, 0.1) is 6.54 Å². The summed E-state index contributed by atoms with van der Waals surface area (Å²) in [7, 11) is 1.64. The molecule has 0 unspecified atom stereocenters. The molecule has 0 aliphatic rings. The molecule has 0 saturated carbocycles. The van der Waals surface area contributed by atoms with Crippen LogP contribution in [-0.4, -0.2) is 49.4 Å². The number of hydrogen-bond acceptors (Lipinski definition) is 6. The van der Waals surface area contributed by atoms with Crippen molar-refractivity contribution < 1.29 is 14.1 Å². The minimum Gasteiger partial charge on any atom is -0.385 e. The second kappa shape index (κ2) is 8.66. The summed E-state index contributed by atoms with van der Waals surface area (Å²) in [5.74, 6) is 0.618. The van der Waals surface area contributed by atoms with Crippen LogP contribution >= 0.6 is 0 Å². The third-order valence-corrected chi connectivity index (χ3v) is 2.07. The second-order valence-electron chi connectivity index (χ2n) is 3.47. The van der Waals surface area contributed by atoms with Crippen LogP contribution in [0.5, 0.6) is 0 Å². The fraction of sp³-hybridized carbons (Fsp3) is 0.700. The molecule has 0 saturated heterocycles. The van der Waals surface area contributed by atoms with Gasteiger partial charge in [-0.2, -0.15) is 4.98 Å². The Morgan fingerprint density at radius 2 is 2.41 bits per heavy atom. The highest BCUT2D eigenvalue weighted by atomic mass is 16.5. The van der Waals surface area contributed by atoms with Gasteiger partial charge in [-0.1, -0.05) is 5.16 Å². The molecule has 0 bridgehead atoms. The third-order valence-electron chi connectivity index (χ3n) is 2.07. The van der Waals surface area contributed by atoms with Crippen molar-refractivity contribution in [3.63, 3.8) is 0 Å². The molecule has 1 rings (SSSR count). The summed E-state index contributed by atoms with van der Waals surface area (Å²) in [4.78, 5) is 15.2. The van der Waals surface area contributed by atoms with Crippen molar-refractivity contribution in [3.8, 4) is 0 Å². The third kappa shape index (κ3) is 6.64. The molecule has 0 aliphatic carbocycles. The van der Waals surface area contributed by atoms with Crippen LogP contribution in [0.4, 0.5) is 0 Å². The van der Waals surface area contributed by atoms with Crippen molar-refractivity contribution >= 4 is 5.91 Å². The normalized spacial score (nSPS) is 10.4. The summed E-state index contributed by atoms with van der Waals surface area (Å²) in [5.41, 5.74) is 0. The first-order valence-corrected chi connectivity index (χ1v) is 5.54. The number of nitrogens with zero attached hydrogens (tertiary/aromatic N) is 2. The summed E-state index contributed by atoms with van der Waals surface area (Å²) in [6.07, 6.45) is 2.76. The van der Waals surface area contributed by atoms with Gasteiger partial charge in [-0.25, -0.2) is 0 Å². The lowest BCUT2D eigenvalue weighted by Crippen LogP contribution is -2.35. The number of rotatable bonds is 9. The van der Waals surface area contributed by atoms with Crippen molar-refractivity contribution in [2.75, 3.05) is 33.4 Å². The van der Waals surface area contributed by atoms with Gasteiger partial charge in [0.1, 0.15) is 0 Å². The average molecular weight is 242 g/mol. The maximum Gasteiger partial charge on any atom is 0.233 e. The lowest BCUT2D eigenvalue weighted by Gasteiger charge is -2.05. The fourth-order valence-electron chi connectivity index (χ4n) is 1.21. The van der Waals surface area contributed by atoms with Gasteiger partial charge in [0.25, 0.3) is 0 Å². The number of carbonyl (C=O) groups excluding carboxylic acids is 1. The molecule has 1 heterocycles. The van der Waals surface area contributed by atoms with E-state index in [4.69, 9.17) is 4.74 Å². The van der Waals surface area contributed by atoms with Crippen LogP contribution in [0.15, 0.2) is 10.9 Å². The molecule has 17 heavy (non-hydrogen) atoms. The zero-order valence-electron chi connectivity index (χ0n) is 9.94. The van der Waals surface area contributed by atoms with Crippen LogP contribution in [0.3, 0.4) is 0 Å². The Balaban J connectivity index is 1.93. The molecule has 1 amide bonds. The minimum atomic E-state index is -0.0192. The highest BCUT2D eigenvalue weighted by molar-refractivity contribution is 5.77. The van der Waals surface area contributed by atoms with Crippen molar-refractivity contribution in [1.82, 2.24) is 20.8 Å². The Bertz CT molecular complexity index is 303. The Labute approximate surface area is 99.9 Å². The summed E-state index contributed by atoms with van der Waals surface area (Å²) in [5, 5.41) is 9.44. The van der Waals surface area contributed by atoms with E-state index >= 15 is 0 Å². The molecular formula is C10H18N4O3. The average Bonchev–Trinajstić information content (AvgIpc) is 2.83. The van der Waals surface area contributed by atoms with E-state index in [9.17, 15) is 4.79 Å². The van der Waals surface area contributed by atoms with Gasteiger partial charge in [-0.05, 0) is 6.42 Å². The standard InChI is InChI=1S/C10H18N4O3/c1-16-6-2-4-12-10(15)7-11-5-3-9-13-8-17-14-9/h8,11H,2-7H2,1H3,(H,12,15). The predicted octanol–water partition coefficient (Wildman–Crippen LogP) is -0.646. The smallest absolute Gasteiger partial charge is 0.233 e. The van der Waals surface area contributed by atoms with E-state index in [1.54, 1.807) is 7.11 Å². The molecule has 0 fully saturated rings. The molecule has 7 heteroatoms. The maximum atomic E-state index is 11.3. The molecule has 0 aliphatic heterocycles. The Morgan fingerprint density at radius 1 is 1.53 bits per heavy atom. The van der Waals surface area contributed by atoms with Crippen molar-refractivity contribution in [1.29, 1.82) is 0 Å². The fourth-order valence-corrected chi connectivity index (χ4v) is 1.21. The van der Waals surface area contributed by atoms with E-state index in [2.05, 4.69) is 25.3 Å². The molecule has 96 valence electrons. The zero-order valence-corrected chi connectivity index (χ0v) is 9.94. The number of amides is 1. The van der Waals surface area contributed by atoms with Gasteiger partial charge >= 0.3 is 0 Å². The summed E-state index contributed by atoms with van der Waals surface area (Å²) in [6.45, 7) is 2.24. The lowest BCUT2D eigenvalue weighted by molar-refractivity contribution is -0.120. The highest BCUT2D eigenvalue weighted by Gasteiger charge is 2.01. The maximum absolute atomic E-state index is 11.3. The van der Waals surface area contributed by atoms with E-state index in [0.717, 1.165) is 6.42 Å². The molecule has 0 atom stereocenters. The number of nitrogens with one attached hydrogen (secondary N) is 2. The number of aromatic nitrogens is 2. The van der Waals surface area contributed by atoms with Gasteiger partial charge in [-0.15, -0.1) is 0 Å². The molecule has 0 radical (unpaired) electrons. The van der Waals surface area contributed by atoms with Crippen LogP contribution in [0.2, 0.25) is 0 Å². The molecule has 1 aromatic rings.